The molecule has 0 aromatic rings. The Labute approximate surface area is 143 Å². The number of ether oxygens (including phenoxy) is 1. The molecule has 2 fully saturated rings. The average Bonchev–Trinajstić information content (AvgIpc) is 2.69. The van der Waals surface area contributed by atoms with Gasteiger partial charge in [-0.3, -0.25) is 4.79 Å². The normalized spacial score (nSPS) is 35.4. The van der Waals surface area contributed by atoms with E-state index < -0.39 is 5.41 Å². The molecule has 134 valence electrons. The van der Waals surface area contributed by atoms with E-state index in [4.69, 9.17) is 4.74 Å². The number of hydrogen-bond acceptors (Lipinski definition) is 2. The molecule has 2 aliphatic rings. The van der Waals surface area contributed by atoms with Gasteiger partial charge in [0.25, 0.3) is 0 Å². The Balaban J connectivity index is 2.18. The van der Waals surface area contributed by atoms with E-state index in [1.165, 1.54) is 12.8 Å². The molecule has 0 aromatic heterocycles. The van der Waals surface area contributed by atoms with Gasteiger partial charge in [0.1, 0.15) is 6.10 Å². The van der Waals surface area contributed by atoms with E-state index in [1.54, 1.807) is 0 Å². The SMILES string of the molecule is CC(C)C(C)(CC(C)(C)C)C(=O)OC1CC2CCC1(C)C2(C)C. The van der Waals surface area contributed by atoms with Crippen LogP contribution in [0.4, 0.5) is 0 Å². The predicted molar refractivity (Wildman–Crippen MR) is 96.1 cm³/mol. The van der Waals surface area contributed by atoms with Gasteiger partial charge in [-0.15, -0.1) is 0 Å². The first-order valence-corrected chi connectivity index (χ1v) is 9.45. The van der Waals surface area contributed by atoms with E-state index in [9.17, 15) is 4.79 Å². The third-order valence-corrected chi connectivity index (χ3v) is 7.60. The third-order valence-electron chi connectivity index (χ3n) is 7.60. The zero-order valence-electron chi connectivity index (χ0n) is 16.9. The molecule has 0 aliphatic heterocycles. The largest absolute Gasteiger partial charge is 0.461 e. The number of carbonyl (C=O) groups excluding carboxylic acids is 1. The minimum atomic E-state index is -0.402. The Morgan fingerprint density at radius 3 is 2.09 bits per heavy atom. The highest BCUT2D eigenvalue weighted by atomic mass is 16.5. The van der Waals surface area contributed by atoms with Gasteiger partial charge in [0.05, 0.1) is 5.41 Å². The van der Waals surface area contributed by atoms with Gasteiger partial charge in [-0.05, 0) is 55.3 Å². The van der Waals surface area contributed by atoms with Crippen LogP contribution in [0.5, 0.6) is 0 Å². The molecule has 2 rings (SSSR count). The Kier molecular flexibility index (Phi) is 4.49. The number of fused-ring (bicyclic) bond motifs is 2. The zero-order valence-corrected chi connectivity index (χ0v) is 16.9. The number of esters is 1. The summed E-state index contributed by atoms with van der Waals surface area (Å²) in [5, 5.41) is 0. The Morgan fingerprint density at radius 1 is 1.17 bits per heavy atom. The standard InChI is InChI=1S/C21H38O2/c1-14(2)20(8,13-18(3,4)5)17(22)23-16-12-15-10-11-21(16,9)19(15,6)7/h14-16H,10-13H2,1-9H3. The van der Waals surface area contributed by atoms with Crippen molar-refractivity contribution in [1.29, 1.82) is 0 Å². The van der Waals surface area contributed by atoms with Gasteiger partial charge in [0, 0.05) is 5.41 Å². The highest BCUT2D eigenvalue weighted by molar-refractivity contribution is 5.77. The Morgan fingerprint density at radius 2 is 1.74 bits per heavy atom. The van der Waals surface area contributed by atoms with Crippen molar-refractivity contribution in [1.82, 2.24) is 0 Å². The van der Waals surface area contributed by atoms with Crippen molar-refractivity contribution < 1.29 is 9.53 Å². The lowest BCUT2D eigenvalue weighted by Crippen LogP contribution is -2.44. The molecule has 2 bridgehead atoms. The molecule has 0 N–H and O–H groups in total. The minimum Gasteiger partial charge on any atom is -0.461 e. The highest BCUT2D eigenvalue weighted by Gasteiger charge is 2.63. The maximum Gasteiger partial charge on any atom is 0.312 e. The Hall–Kier alpha value is -0.530. The molecular formula is C21H38O2. The van der Waals surface area contributed by atoms with Crippen LogP contribution in [0.25, 0.3) is 0 Å². The van der Waals surface area contributed by atoms with Crippen molar-refractivity contribution >= 4 is 5.97 Å². The van der Waals surface area contributed by atoms with Crippen molar-refractivity contribution in [2.45, 2.75) is 94.1 Å². The van der Waals surface area contributed by atoms with E-state index in [-0.39, 0.29) is 34.2 Å². The van der Waals surface area contributed by atoms with E-state index in [1.807, 2.05) is 0 Å². The average molecular weight is 323 g/mol. The molecule has 0 heterocycles. The van der Waals surface area contributed by atoms with Crippen LogP contribution in [0.2, 0.25) is 0 Å². The van der Waals surface area contributed by atoms with Gasteiger partial charge >= 0.3 is 5.97 Å². The van der Waals surface area contributed by atoms with E-state index >= 15 is 0 Å². The molecular weight excluding hydrogens is 284 g/mol. The highest BCUT2D eigenvalue weighted by Crippen LogP contribution is 2.66. The summed E-state index contributed by atoms with van der Waals surface area (Å²) in [5.74, 6) is 1.02. The summed E-state index contributed by atoms with van der Waals surface area (Å²) in [6.07, 6.45) is 4.51. The fourth-order valence-corrected chi connectivity index (χ4v) is 5.19. The number of carbonyl (C=O) groups is 1. The molecule has 2 saturated carbocycles. The van der Waals surface area contributed by atoms with Crippen molar-refractivity contribution in [2.24, 2.45) is 33.5 Å². The lowest BCUT2D eigenvalue weighted by atomic mass is 9.68. The van der Waals surface area contributed by atoms with Crippen LogP contribution in [0.3, 0.4) is 0 Å². The Bertz CT molecular complexity index is 471. The molecule has 0 amide bonds. The molecule has 0 spiro atoms. The van der Waals surface area contributed by atoms with Crippen LogP contribution in [-0.2, 0) is 9.53 Å². The molecule has 4 atom stereocenters. The van der Waals surface area contributed by atoms with Crippen molar-refractivity contribution in [3.05, 3.63) is 0 Å². The summed E-state index contributed by atoms with van der Waals surface area (Å²) < 4.78 is 6.22. The smallest absolute Gasteiger partial charge is 0.312 e. The first-order chi connectivity index (χ1) is 10.2. The van der Waals surface area contributed by atoms with E-state index in [0.717, 1.165) is 12.8 Å². The van der Waals surface area contributed by atoms with Crippen molar-refractivity contribution in [3.8, 4) is 0 Å². The number of rotatable bonds is 4. The second kappa shape index (κ2) is 5.49. The summed E-state index contributed by atoms with van der Waals surface area (Å²) in [6.45, 7) is 20.1. The van der Waals surface area contributed by atoms with Crippen LogP contribution in [0.15, 0.2) is 0 Å². The van der Waals surface area contributed by atoms with Crippen LogP contribution in [0.1, 0.15) is 88.0 Å². The zero-order chi connectivity index (χ0) is 17.8. The maximum absolute atomic E-state index is 13.1. The molecule has 2 heteroatoms. The second-order valence-corrected chi connectivity index (χ2v) is 10.8. The summed E-state index contributed by atoms with van der Waals surface area (Å²) in [5.41, 5.74) is 0.152. The van der Waals surface area contributed by atoms with Crippen LogP contribution >= 0.6 is 0 Å². The number of hydrogen-bond donors (Lipinski definition) is 0. The van der Waals surface area contributed by atoms with Gasteiger partial charge in [0.2, 0.25) is 0 Å². The van der Waals surface area contributed by atoms with E-state index in [0.29, 0.717) is 5.92 Å². The monoisotopic (exact) mass is 322 g/mol. The van der Waals surface area contributed by atoms with Gasteiger partial charge in [0.15, 0.2) is 0 Å². The first kappa shape index (κ1) is 18.8. The van der Waals surface area contributed by atoms with Crippen molar-refractivity contribution in [3.63, 3.8) is 0 Å². The summed E-state index contributed by atoms with van der Waals surface area (Å²) >= 11 is 0. The fourth-order valence-electron chi connectivity index (χ4n) is 5.19. The van der Waals surface area contributed by atoms with Crippen LogP contribution in [0, 0.1) is 33.5 Å². The minimum absolute atomic E-state index is 0.0250. The first-order valence-electron chi connectivity index (χ1n) is 9.45. The summed E-state index contributed by atoms with van der Waals surface area (Å²) in [6, 6.07) is 0. The van der Waals surface area contributed by atoms with Crippen LogP contribution in [-0.4, -0.2) is 12.1 Å². The second-order valence-electron chi connectivity index (χ2n) is 10.8. The lowest BCUT2D eigenvalue weighted by Gasteiger charge is -2.42. The molecule has 23 heavy (non-hydrogen) atoms. The van der Waals surface area contributed by atoms with E-state index in [2.05, 4.69) is 62.3 Å². The molecule has 0 saturated heterocycles. The van der Waals surface area contributed by atoms with Crippen LogP contribution < -0.4 is 0 Å². The maximum atomic E-state index is 13.1. The molecule has 0 aromatic carbocycles. The summed E-state index contributed by atoms with van der Waals surface area (Å²) in [4.78, 5) is 13.1. The quantitative estimate of drug-likeness (QED) is 0.607. The molecule has 4 unspecified atom stereocenters. The fraction of sp³-hybridized carbons (Fsp3) is 0.952. The topological polar surface area (TPSA) is 26.3 Å². The predicted octanol–water partition coefficient (Wildman–Crippen LogP) is 5.84. The van der Waals surface area contributed by atoms with Crippen molar-refractivity contribution in [2.75, 3.05) is 0 Å². The molecule has 2 aliphatic carbocycles. The summed E-state index contributed by atoms with van der Waals surface area (Å²) in [7, 11) is 0. The van der Waals surface area contributed by atoms with Gasteiger partial charge in [-0.25, -0.2) is 0 Å². The molecule has 0 radical (unpaired) electrons. The van der Waals surface area contributed by atoms with Gasteiger partial charge in [-0.2, -0.15) is 0 Å². The van der Waals surface area contributed by atoms with Gasteiger partial charge < -0.3 is 4.74 Å². The lowest BCUT2D eigenvalue weighted by molar-refractivity contribution is -0.173. The third kappa shape index (κ3) is 2.96. The molecule has 2 nitrogen and oxygen atoms in total. The van der Waals surface area contributed by atoms with Gasteiger partial charge in [-0.1, -0.05) is 55.4 Å².